The van der Waals surface area contributed by atoms with E-state index in [2.05, 4.69) is 5.10 Å². The first kappa shape index (κ1) is 15.3. The van der Waals surface area contributed by atoms with Crippen molar-refractivity contribution in [1.29, 1.82) is 0 Å². The van der Waals surface area contributed by atoms with Crippen LogP contribution in [0.4, 0.5) is 5.69 Å². The number of hydrogen-bond donors (Lipinski definition) is 0. The number of imide groups is 1. The Morgan fingerprint density at radius 1 is 1.17 bits per heavy atom. The highest BCUT2D eigenvalue weighted by atomic mass is 16.5. The van der Waals surface area contributed by atoms with Crippen LogP contribution < -0.4 is 9.64 Å². The van der Waals surface area contributed by atoms with Crippen LogP contribution in [0.5, 0.6) is 5.75 Å². The average molecular weight is 313 g/mol. The maximum atomic E-state index is 12.0. The molecule has 6 nitrogen and oxygen atoms in total. The number of aryl methyl sites for hydroxylation is 1. The van der Waals surface area contributed by atoms with E-state index in [9.17, 15) is 9.59 Å². The van der Waals surface area contributed by atoms with Gasteiger partial charge in [-0.3, -0.25) is 14.3 Å². The minimum absolute atomic E-state index is 0.151. The van der Waals surface area contributed by atoms with Gasteiger partial charge in [-0.05, 0) is 31.5 Å². The third kappa shape index (κ3) is 2.72. The number of benzene rings is 1. The smallest absolute Gasteiger partial charge is 0.234 e. The standard InChI is InChI=1S/C17H19N3O3/c1-11-17(20-15(21)7-8-16(20)22)12(2)19(18-11)10-13-5-4-6-14(9-13)23-3/h4-6,9H,7-8,10H2,1-3H3. The molecule has 2 aromatic rings. The number of rotatable bonds is 4. The monoisotopic (exact) mass is 313 g/mol. The van der Waals surface area contributed by atoms with E-state index >= 15 is 0 Å². The highest BCUT2D eigenvalue weighted by Gasteiger charge is 2.34. The Kier molecular flexibility index (Phi) is 3.90. The second-order valence-corrected chi connectivity index (χ2v) is 5.65. The first-order chi connectivity index (χ1) is 11.0. The van der Waals surface area contributed by atoms with Crippen LogP contribution in [0.2, 0.25) is 0 Å². The topological polar surface area (TPSA) is 64.4 Å². The Labute approximate surface area is 134 Å². The van der Waals surface area contributed by atoms with Crippen molar-refractivity contribution in [2.45, 2.75) is 33.2 Å². The zero-order chi connectivity index (χ0) is 16.6. The second kappa shape index (κ2) is 5.87. The van der Waals surface area contributed by atoms with Gasteiger partial charge in [-0.15, -0.1) is 0 Å². The Morgan fingerprint density at radius 2 is 1.87 bits per heavy atom. The molecule has 120 valence electrons. The molecule has 0 radical (unpaired) electrons. The third-order valence-corrected chi connectivity index (χ3v) is 4.08. The third-order valence-electron chi connectivity index (χ3n) is 4.08. The van der Waals surface area contributed by atoms with Gasteiger partial charge < -0.3 is 4.74 Å². The van der Waals surface area contributed by atoms with E-state index in [-0.39, 0.29) is 24.7 Å². The maximum Gasteiger partial charge on any atom is 0.234 e. The van der Waals surface area contributed by atoms with Gasteiger partial charge in [0.15, 0.2) is 0 Å². The molecule has 6 heteroatoms. The molecular formula is C17H19N3O3. The summed E-state index contributed by atoms with van der Waals surface area (Å²) in [4.78, 5) is 25.3. The predicted octanol–water partition coefficient (Wildman–Crippen LogP) is 2.21. The van der Waals surface area contributed by atoms with Gasteiger partial charge in [0.2, 0.25) is 11.8 Å². The summed E-state index contributed by atoms with van der Waals surface area (Å²) in [5, 5.41) is 4.50. The summed E-state index contributed by atoms with van der Waals surface area (Å²) in [6.07, 6.45) is 0.553. The van der Waals surface area contributed by atoms with Crippen molar-refractivity contribution in [3.8, 4) is 5.75 Å². The number of methoxy groups -OCH3 is 1. The number of nitrogens with zero attached hydrogens (tertiary/aromatic N) is 3. The van der Waals surface area contributed by atoms with E-state index in [1.165, 1.54) is 4.90 Å². The van der Waals surface area contributed by atoms with Gasteiger partial charge in [0.1, 0.15) is 5.75 Å². The predicted molar refractivity (Wildman–Crippen MR) is 85.5 cm³/mol. The molecular weight excluding hydrogens is 294 g/mol. The first-order valence-corrected chi connectivity index (χ1v) is 7.54. The summed E-state index contributed by atoms with van der Waals surface area (Å²) in [7, 11) is 1.63. The Morgan fingerprint density at radius 3 is 2.52 bits per heavy atom. The first-order valence-electron chi connectivity index (χ1n) is 7.54. The second-order valence-electron chi connectivity index (χ2n) is 5.65. The van der Waals surface area contributed by atoms with E-state index in [4.69, 9.17) is 4.74 Å². The SMILES string of the molecule is COc1cccc(Cn2nc(C)c(N3C(=O)CCC3=O)c2C)c1. The van der Waals surface area contributed by atoms with E-state index in [0.717, 1.165) is 17.0 Å². The largest absolute Gasteiger partial charge is 0.497 e. The minimum Gasteiger partial charge on any atom is -0.497 e. The summed E-state index contributed by atoms with van der Waals surface area (Å²) in [6, 6.07) is 7.75. The molecule has 1 aliphatic heterocycles. The van der Waals surface area contributed by atoms with Crippen LogP contribution >= 0.6 is 0 Å². The molecule has 0 aliphatic carbocycles. The number of carbonyl (C=O) groups excluding carboxylic acids is 2. The molecule has 0 saturated carbocycles. The molecule has 1 aromatic heterocycles. The quantitative estimate of drug-likeness (QED) is 0.812. The molecule has 1 aromatic carbocycles. The van der Waals surface area contributed by atoms with Crippen LogP contribution in [0, 0.1) is 13.8 Å². The van der Waals surface area contributed by atoms with Gasteiger partial charge >= 0.3 is 0 Å². The van der Waals surface area contributed by atoms with Crippen LogP contribution in [0.25, 0.3) is 0 Å². The lowest BCUT2D eigenvalue weighted by molar-refractivity contribution is -0.121. The summed E-state index contributed by atoms with van der Waals surface area (Å²) >= 11 is 0. The molecule has 0 atom stereocenters. The van der Waals surface area contributed by atoms with Crippen molar-refractivity contribution in [3.63, 3.8) is 0 Å². The molecule has 1 fully saturated rings. The van der Waals surface area contributed by atoms with E-state index < -0.39 is 0 Å². The van der Waals surface area contributed by atoms with Crippen LogP contribution in [0.1, 0.15) is 29.8 Å². The van der Waals surface area contributed by atoms with Crippen molar-refractivity contribution in [3.05, 3.63) is 41.2 Å². The summed E-state index contributed by atoms with van der Waals surface area (Å²) in [6.45, 7) is 4.26. The molecule has 0 spiro atoms. The Bertz CT molecular complexity index is 763. The summed E-state index contributed by atoms with van der Waals surface area (Å²) in [5.74, 6) is 0.485. The Balaban J connectivity index is 1.94. The maximum absolute atomic E-state index is 12.0. The zero-order valence-electron chi connectivity index (χ0n) is 13.5. The number of anilines is 1. The van der Waals surface area contributed by atoms with Gasteiger partial charge in [0.05, 0.1) is 30.7 Å². The zero-order valence-corrected chi connectivity index (χ0v) is 13.5. The Hall–Kier alpha value is -2.63. The fourth-order valence-electron chi connectivity index (χ4n) is 2.93. The molecule has 1 saturated heterocycles. The van der Waals surface area contributed by atoms with Crippen molar-refractivity contribution < 1.29 is 14.3 Å². The molecule has 0 unspecified atom stereocenters. The van der Waals surface area contributed by atoms with Crippen molar-refractivity contribution in [1.82, 2.24) is 9.78 Å². The molecule has 0 N–H and O–H groups in total. The van der Waals surface area contributed by atoms with Gasteiger partial charge in [0.25, 0.3) is 0 Å². The average Bonchev–Trinajstić information content (AvgIpc) is 2.99. The molecule has 2 amide bonds. The van der Waals surface area contributed by atoms with Gasteiger partial charge in [-0.1, -0.05) is 12.1 Å². The molecule has 0 bridgehead atoms. The van der Waals surface area contributed by atoms with E-state index in [0.29, 0.717) is 17.9 Å². The number of amides is 2. The van der Waals surface area contributed by atoms with Gasteiger partial charge in [0, 0.05) is 12.8 Å². The van der Waals surface area contributed by atoms with E-state index in [1.807, 2.05) is 42.8 Å². The van der Waals surface area contributed by atoms with Gasteiger partial charge in [-0.2, -0.15) is 5.10 Å². The van der Waals surface area contributed by atoms with Crippen molar-refractivity contribution in [2.24, 2.45) is 0 Å². The number of aromatic nitrogens is 2. The minimum atomic E-state index is -0.151. The normalized spacial score (nSPS) is 14.7. The fraction of sp³-hybridized carbons (Fsp3) is 0.353. The highest BCUT2D eigenvalue weighted by Crippen LogP contribution is 2.29. The van der Waals surface area contributed by atoms with Crippen LogP contribution in [-0.4, -0.2) is 28.7 Å². The lowest BCUT2D eigenvalue weighted by atomic mass is 10.2. The fourth-order valence-corrected chi connectivity index (χ4v) is 2.93. The lowest BCUT2D eigenvalue weighted by Gasteiger charge is -2.14. The number of hydrogen-bond acceptors (Lipinski definition) is 4. The van der Waals surface area contributed by atoms with Crippen molar-refractivity contribution >= 4 is 17.5 Å². The molecule has 23 heavy (non-hydrogen) atoms. The molecule has 1 aliphatic rings. The van der Waals surface area contributed by atoms with Crippen molar-refractivity contribution in [2.75, 3.05) is 12.0 Å². The van der Waals surface area contributed by atoms with E-state index in [1.54, 1.807) is 7.11 Å². The number of carbonyl (C=O) groups is 2. The summed E-state index contributed by atoms with van der Waals surface area (Å²) < 4.78 is 7.05. The van der Waals surface area contributed by atoms with Crippen LogP contribution in [0.3, 0.4) is 0 Å². The number of ether oxygens (including phenoxy) is 1. The van der Waals surface area contributed by atoms with Crippen LogP contribution in [-0.2, 0) is 16.1 Å². The molecule has 3 rings (SSSR count). The highest BCUT2D eigenvalue weighted by molar-refractivity contribution is 6.20. The lowest BCUT2D eigenvalue weighted by Crippen LogP contribution is -2.29. The van der Waals surface area contributed by atoms with Crippen LogP contribution in [0.15, 0.2) is 24.3 Å². The van der Waals surface area contributed by atoms with Gasteiger partial charge in [-0.25, -0.2) is 4.90 Å². The summed E-state index contributed by atoms with van der Waals surface area (Å²) in [5.41, 5.74) is 3.17. The molecule has 2 heterocycles.